The molecule has 0 bridgehead atoms. The van der Waals surface area contributed by atoms with Gasteiger partial charge in [0.15, 0.2) is 0 Å². The lowest BCUT2D eigenvalue weighted by Gasteiger charge is -2.30. The number of anilines is 1. The fraction of sp³-hybridized carbons (Fsp3) is 0.222. The van der Waals surface area contributed by atoms with Crippen molar-refractivity contribution >= 4 is 11.6 Å². The Morgan fingerprint density at radius 2 is 2.04 bits per heavy atom. The Labute approximate surface area is 142 Å². The van der Waals surface area contributed by atoms with Crippen LogP contribution in [0.4, 0.5) is 18.9 Å². The second-order valence-corrected chi connectivity index (χ2v) is 5.52. The van der Waals surface area contributed by atoms with Crippen molar-refractivity contribution in [2.24, 2.45) is 0 Å². The molecular formula is C18H13F3N2O2. The highest BCUT2D eigenvalue weighted by Crippen LogP contribution is 2.38. The van der Waals surface area contributed by atoms with Crippen LogP contribution in [-0.2, 0) is 12.6 Å². The molecule has 2 aromatic carbocycles. The number of amides is 1. The molecule has 0 N–H and O–H groups in total. The van der Waals surface area contributed by atoms with Gasteiger partial charge in [-0.25, -0.2) is 0 Å². The van der Waals surface area contributed by atoms with E-state index in [2.05, 4.69) is 0 Å². The predicted octanol–water partition coefficient (Wildman–Crippen LogP) is 3.81. The van der Waals surface area contributed by atoms with Crippen LogP contribution in [0.25, 0.3) is 0 Å². The first-order valence-electron chi connectivity index (χ1n) is 7.52. The Bertz CT molecular complexity index is 856. The van der Waals surface area contributed by atoms with Gasteiger partial charge >= 0.3 is 6.18 Å². The molecule has 0 radical (unpaired) electrons. The maximum Gasteiger partial charge on any atom is 0.416 e. The Balaban J connectivity index is 1.98. The number of alkyl halides is 3. The molecule has 1 aliphatic rings. The molecule has 0 spiro atoms. The van der Waals surface area contributed by atoms with E-state index >= 15 is 0 Å². The van der Waals surface area contributed by atoms with Crippen LogP contribution in [0.1, 0.15) is 21.5 Å². The maximum absolute atomic E-state index is 13.0. The first kappa shape index (κ1) is 16.8. The monoisotopic (exact) mass is 346 g/mol. The summed E-state index contributed by atoms with van der Waals surface area (Å²) in [5.74, 6) is -0.190. The van der Waals surface area contributed by atoms with Gasteiger partial charge in [0, 0.05) is 5.56 Å². The van der Waals surface area contributed by atoms with Gasteiger partial charge in [0.05, 0.1) is 30.3 Å². The number of fused-ring (bicyclic) bond motifs is 1. The normalized spacial score (nSPS) is 13.6. The Kier molecular flexibility index (Phi) is 4.36. The zero-order valence-electron chi connectivity index (χ0n) is 13.0. The van der Waals surface area contributed by atoms with E-state index in [0.29, 0.717) is 11.1 Å². The van der Waals surface area contributed by atoms with Crippen molar-refractivity contribution in [3.8, 4) is 11.8 Å². The third-order valence-corrected chi connectivity index (χ3v) is 3.85. The van der Waals surface area contributed by atoms with E-state index in [4.69, 9.17) is 10.00 Å². The summed E-state index contributed by atoms with van der Waals surface area (Å²) in [5.41, 5.74) is 0.244. The molecular weight excluding hydrogens is 333 g/mol. The SMILES string of the molecule is N#CCc1cccc(C(=O)N2CCOc3ccc(C(F)(F)F)cc32)c1. The van der Waals surface area contributed by atoms with Crippen LogP contribution in [0.2, 0.25) is 0 Å². The molecule has 2 aromatic rings. The zero-order valence-corrected chi connectivity index (χ0v) is 13.0. The topological polar surface area (TPSA) is 53.3 Å². The van der Waals surface area contributed by atoms with E-state index in [0.717, 1.165) is 12.1 Å². The molecule has 0 atom stereocenters. The molecule has 0 fully saturated rings. The molecule has 1 heterocycles. The van der Waals surface area contributed by atoms with Crippen molar-refractivity contribution in [2.75, 3.05) is 18.1 Å². The number of nitrogens with zero attached hydrogens (tertiary/aromatic N) is 2. The Morgan fingerprint density at radius 3 is 2.76 bits per heavy atom. The number of carbonyl (C=O) groups is 1. The van der Waals surface area contributed by atoms with Crippen molar-refractivity contribution in [3.05, 3.63) is 59.2 Å². The average Bonchev–Trinajstić information content (AvgIpc) is 2.60. The van der Waals surface area contributed by atoms with Gasteiger partial charge in [0.25, 0.3) is 5.91 Å². The minimum Gasteiger partial charge on any atom is -0.490 e. The first-order valence-corrected chi connectivity index (χ1v) is 7.52. The minimum atomic E-state index is -4.51. The average molecular weight is 346 g/mol. The van der Waals surface area contributed by atoms with Gasteiger partial charge in [0.1, 0.15) is 12.4 Å². The van der Waals surface area contributed by atoms with E-state index in [1.54, 1.807) is 24.3 Å². The van der Waals surface area contributed by atoms with Crippen LogP contribution in [0, 0.1) is 11.3 Å². The van der Waals surface area contributed by atoms with Crippen molar-refractivity contribution in [3.63, 3.8) is 0 Å². The molecule has 0 aromatic heterocycles. The number of nitriles is 1. The van der Waals surface area contributed by atoms with Crippen molar-refractivity contribution in [1.82, 2.24) is 0 Å². The van der Waals surface area contributed by atoms with Gasteiger partial charge < -0.3 is 9.64 Å². The van der Waals surface area contributed by atoms with E-state index in [-0.39, 0.29) is 31.0 Å². The number of benzene rings is 2. The fourth-order valence-electron chi connectivity index (χ4n) is 2.67. The van der Waals surface area contributed by atoms with Crippen molar-refractivity contribution < 1.29 is 22.7 Å². The number of rotatable bonds is 2. The summed E-state index contributed by atoms with van der Waals surface area (Å²) >= 11 is 0. The van der Waals surface area contributed by atoms with Crippen LogP contribution >= 0.6 is 0 Å². The summed E-state index contributed by atoms with van der Waals surface area (Å²) in [6.07, 6.45) is -4.35. The lowest BCUT2D eigenvalue weighted by Crippen LogP contribution is -2.38. The molecule has 0 unspecified atom stereocenters. The van der Waals surface area contributed by atoms with Crippen LogP contribution in [0.3, 0.4) is 0 Å². The number of carbonyl (C=O) groups excluding carboxylic acids is 1. The van der Waals surface area contributed by atoms with Crippen LogP contribution < -0.4 is 9.64 Å². The number of ether oxygens (including phenoxy) is 1. The van der Waals surface area contributed by atoms with Crippen LogP contribution in [0.5, 0.6) is 5.75 Å². The van der Waals surface area contributed by atoms with E-state index in [9.17, 15) is 18.0 Å². The van der Waals surface area contributed by atoms with Gasteiger partial charge in [-0.1, -0.05) is 12.1 Å². The lowest BCUT2D eigenvalue weighted by atomic mass is 10.1. The fourth-order valence-corrected chi connectivity index (χ4v) is 2.67. The van der Waals surface area contributed by atoms with E-state index < -0.39 is 17.6 Å². The van der Waals surface area contributed by atoms with Crippen molar-refractivity contribution in [2.45, 2.75) is 12.6 Å². The highest BCUT2D eigenvalue weighted by atomic mass is 19.4. The minimum absolute atomic E-state index is 0.0942. The van der Waals surface area contributed by atoms with E-state index in [1.807, 2.05) is 6.07 Å². The van der Waals surface area contributed by atoms with Gasteiger partial charge in [-0.3, -0.25) is 4.79 Å². The molecule has 3 rings (SSSR count). The van der Waals surface area contributed by atoms with Gasteiger partial charge in [0.2, 0.25) is 0 Å². The van der Waals surface area contributed by atoms with Gasteiger partial charge in [-0.15, -0.1) is 0 Å². The van der Waals surface area contributed by atoms with Crippen LogP contribution in [0.15, 0.2) is 42.5 Å². The first-order chi connectivity index (χ1) is 11.9. The summed E-state index contributed by atoms with van der Waals surface area (Å²) in [6.45, 7) is 0.345. The Hall–Kier alpha value is -3.01. The third kappa shape index (κ3) is 3.43. The number of hydrogen-bond donors (Lipinski definition) is 0. The lowest BCUT2D eigenvalue weighted by molar-refractivity contribution is -0.137. The molecule has 0 saturated carbocycles. The highest BCUT2D eigenvalue weighted by molar-refractivity contribution is 6.07. The van der Waals surface area contributed by atoms with Crippen LogP contribution in [-0.4, -0.2) is 19.1 Å². The molecule has 4 nitrogen and oxygen atoms in total. The summed E-state index contributed by atoms with van der Waals surface area (Å²) in [7, 11) is 0. The maximum atomic E-state index is 13.0. The molecule has 128 valence electrons. The molecule has 0 saturated heterocycles. The Morgan fingerprint density at radius 1 is 1.24 bits per heavy atom. The molecule has 0 aliphatic carbocycles. The summed E-state index contributed by atoms with van der Waals surface area (Å²) in [6, 6.07) is 11.6. The summed E-state index contributed by atoms with van der Waals surface area (Å²) in [4.78, 5) is 14.1. The summed E-state index contributed by atoms with van der Waals surface area (Å²) in [5, 5.41) is 8.77. The van der Waals surface area contributed by atoms with Gasteiger partial charge in [-0.05, 0) is 35.9 Å². The largest absolute Gasteiger partial charge is 0.490 e. The standard InChI is InChI=1S/C18H13F3N2O2/c19-18(20,21)14-4-5-16-15(11-14)23(8-9-25-16)17(24)13-3-1-2-12(10-13)6-7-22/h1-5,10-11H,6,8-9H2. The second-order valence-electron chi connectivity index (χ2n) is 5.52. The highest BCUT2D eigenvalue weighted by Gasteiger charge is 2.33. The predicted molar refractivity (Wildman–Crippen MR) is 84.4 cm³/mol. The molecule has 25 heavy (non-hydrogen) atoms. The summed E-state index contributed by atoms with van der Waals surface area (Å²) < 4.78 is 44.3. The zero-order chi connectivity index (χ0) is 18.0. The smallest absolute Gasteiger partial charge is 0.416 e. The number of hydrogen-bond acceptors (Lipinski definition) is 3. The third-order valence-electron chi connectivity index (χ3n) is 3.85. The number of halogens is 3. The molecule has 1 amide bonds. The molecule has 1 aliphatic heterocycles. The van der Waals surface area contributed by atoms with E-state index in [1.165, 1.54) is 11.0 Å². The molecule has 7 heteroatoms. The quantitative estimate of drug-likeness (QED) is 0.831. The van der Waals surface area contributed by atoms with Gasteiger partial charge in [-0.2, -0.15) is 18.4 Å². The van der Waals surface area contributed by atoms with Crippen molar-refractivity contribution in [1.29, 1.82) is 5.26 Å². The second kappa shape index (κ2) is 6.48.